The molecule has 9 heteroatoms. The quantitative estimate of drug-likeness (QED) is 0.401. The van der Waals surface area contributed by atoms with Crippen LogP contribution in [-0.2, 0) is 9.59 Å². The fourth-order valence-corrected chi connectivity index (χ4v) is 5.96. The van der Waals surface area contributed by atoms with Crippen LogP contribution in [0.3, 0.4) is 0 Å². The Bertz CT molecular complexity index is 839. The summed E-state index contributed by atoms with van der Waals surface area (Å²) in [6.07, 6.45) is 7.76. The molecule has 0 saturated heterocycles. The molecule has 5 rings (SSSR count). The van der Waals surface area contributed by atoms with Gasteiger partial charge in [0.15, 0.2) is 5.76 Å². The fourth-order valence-electron chi connectivity index (χ4n) is 5.96. The summed E-state index contributed by atoms with van der Waals surface area (Å²) in [5.74, 6) is 1.18. The predicted octanol–water partition coefficient (Wildman–Crippen LogP) is 3.00. The molecule has 2 N–H and O–H groups in total. The van der Waals surface area contributed by atoms with Crippen molar-refractivity contribution in [2.75, 3.05) is 0 Å². The van der Waals surface area contributed by atoms with Gasteiger partial charge in [0.25, 0.3) is 5.91 Å². The van der Waals surface area contributed by atoms with Gasteiger partial charge in [0.2, 0.25) is 5.91 Å². The summed E-state index contributed by atoms with van der Waals surface area (Å²) < 4.78 is 4.97. The van der Waals surface area contributed by atoms with E-state index in [1.54, 1.807) is 0 Å². The van der Waals surface area contributed by atoms with Gasteiger partial charge < -0.3 is 9.73 Å². The lowest BCUT2D eigenvalue weighted by Gasteiger charge is -2.55. The zero-order valence-corrected chi connectivity index (χ0v) is 17.3. The molecule has 1 unspecified atom stereocenters. The second-order valence-electron chi connectivity index (χ2n) is 9.56. The first-order valence-corrected chi connectivity index (χ1v) is 10.6. The first-order chi connectivity index (χ1) is 14.3. The predicted molar refractivity (Wildman–Crippen MR) is 108 cm³/mol. The maximum Gasteiger partial charge on any atom is 0.433 e. The highest BCUT2D eigenvalue weighted by atomic mass is 16.6. The van der Waals surface area contributed by atoms with Gasteiger partial charge in [0.05, 0.1) is 12.3 Å². The van der Waals surface area contributed by atoms with Crippen LogP contribution in [0.25, 0.3) is 0 Å². The number of hydrazone groups is 1. The highest BCUT2D eigenvalue weighted by Gasteiger charge is 2.55. The number of hydrogen-bond donors (Lipinski definition) is 2. The summed E-state index contributed by atoms with van der Waals surface area (Å²) in [5, 5.41) is 17.5. The van der Waals surface area contributed by atoms with Gasteiger partial charge in [0, 0.05) is 5.41 Å². The van der Waals surface area contributed by atoms with Crippen molar-refractivity contribution < 1.29 is 18.9 Å². The Morgan fingerprint density at radius 1 is 1.20 bits per heavy atom. The van der Waals surface area contributed by atoms with Gasteiger partial charge >= 0.3 is 5.88 Å². The van der Waals surface area contributed by atoms with Crippen molar-refractivity contribution in [2.45, 2.75) is 58.4 Å². The van der Waals surface area contributed by atoms with Crippen LogP contribution >= 0.6 is 0 Å². The number of rotatable bonds is 7. The van der Waals surface area contributed by atoms with Crippen LogP contribution in [-0.4, -0.2) is 29.0 Å². The van der Waals surface area contributed by atoms with Crippen LogP contribution in [0.5, 0.6) is 0 Å². The average molecular weight is 416 g/mol. The molecule has 162 valence electrons. The number of nitrogens with one attached hydrogen (secondary N) is 2. The van der Waals surface area contributed by atoms with Gasteiger partial charge in [-0.15, -0.1) is 0 Å². The molecule has 4 aliphatic rings. The first kappa shape index (κ1) is 20.6. The van der Waals surface area contributed by atoms with Crippen LogP contribution < -0.4 is 10.7 Å². The summed E-state index contributed by atoms with van der Waals surface area (Å²) in [4.78, 5) is 35.9. The minimum absolute atomic E-state index is 0.00101. The normalized spacial score (nSPS) is 30.6. The van der Waals surface area contributed by atoms with E-state index >= 15 is 0 Å². The molecule has 1 atom stereocenters. The van der Waals surface area contributed by atoms with E-state index in [0.29, 0.717) is 17.8 Å². The Morgan fingerprint density at radius 2 is 1.80 bits per heavy atom. The minimum atomic E-state index is -0.700. The van der Waals surface area contributed by atoms with Crippen LogP contribution in [0, 0.1) is 39.2 Å². The molecular weight excluding hydrogens is 388 g/mol. The molecule has 4 aliphatic carbocycles. The van der Waals surface area contributed by atoms with Gasteiger partial charge in [-0.05, 0) is 68.3 Å². The lowest BCUT2D eigenvalue weighted by Crippen LogP contribution is -2.58. The molecule has 1 aromatic heterocycles. The highest BCUT2D eigenvalue weighted by molar-refractivity contribution is 5.91. The van der Waals surface area contributed by atoms with Gasteiger partial charge in [0.1, 0.15) is 11.0 Å². The van der Waals surface area contributed by atoms with Crippen molar-refractivity contribution in [1.29, 1.82) is 0 Å². The van der Waals surface area contributed by atoms with Crippen molar-refractivity contribution in [2.24, 2.45) is 34.2 Å². The summed E-state index contributed by atoms with van der Waals surface area (Å²) in [5.41, 5.74) is 2.10. The number of hydrogen-bond acceptors (Lipinski definition) is 6. The van der Waals surface area contributed by atoms with Crippen molar-refractivity contribution in [3.63, 3.8) is 0 Å². The third kappa shape index (κ3) is 3.97. The van der Waals surface area contributed by atoms with E-state index in [0.717, 1.165) is 19.3 Å². The van der Waals surface area contributed by atoms with Crippen LogP contribution in [0.15, 0.2) is 21.7 Å². The number of nitrogens with zero attached hydrogens (tertiary/aromatic N) is 2. The molecule has 9 nitrogen and oxygen atoms in total. The molecule has 4 bridgehead atoms. The molecule has 1 aromatic rings. The Hall–Kier alpha value is -2.71. The Morgan fingerprint density at radius 3 is 2.30 bits per heavy atom. The van der Waals surface area contributed by atoms with E-state index < -0.39 is 22.8 Å². The second kappa shape index (κ2) is 7.85. The summed E-state index contributed by atoms with van der Waals surface area (Å²) in [6.45, 7) is 3.76. The molecule has 0 spiro atoms. The Kier molecular flexibility index (Phi) is 5.38. The summed E-state index contributed by atoms with van der Waals surface area (Å²) >= 11 is 0. The van der Waals surface area contributed by atoms with Gasteiger partial charge in [-0.2, -0.15) is 5.10 Å². The lowest BCUT2D eigenvalue weighted by atomic mass is 9.49. The van der Waals surface area contributed by atoms with E-state index in [4.69, 9.17) is 4.42 Å². The number of furan rings is 1. The number of carbonyl (C=O) groups is 2. The van der Waals surface area contributed by atoms with E-state index in [1.807, 2.05) is 13.8 Å². The molecular formula is C21H28N4O5. The molecule has 0 radical (unpaired) electrons. The number of nitro groups is 1. The molecule has 1 heterocycles. The third-order valence-corrected chi connectivity index (χ3v) is 6.91. The lowest BCUT2D eigenvalue weighted by molar-refractivity contribution is -0.402. The maximum absolute atomic E-state index is 13.3. The average Bonchev–Trinajstić information content (AvgIpc) is 3.13. The minimum Gasteiger partial charge on any atom is -0.400 e. The topological polar surface area (TPSA) is 127 Å². The Labute approximate surface area is 174 Å². The maximum atomic E-state index is 13.3. The van der Waals surface area contributed by atoms with Crippen molar-refractivity contribution >= 4 is 23.9 Å². The van der Waals surface area contributed by atoms with Crippen LogP contribution in [0.4, 0.5) is 5.88 Å². The largest absolute Gasteiger partial charge is 0.433 e. The fraction of sp³-hybridized carbons (Fsp3) is 0.667. The number of amides is 2. The summed E-state index contributed by atoms with van der Waals surface area (Å²) in [7, 11) is 0. The number of carbonyl (C=O) groups excluding carboxylic acids is 2. The molecule has 2 amide bonds. The van der Waals surface area contributed by atoms with Gasteiger partial charge in [-0.3, -0.25) is 19.7 Å². The molecule has 0 aliphatic heterocycles. The highest BCUT2D eigenvalue weighted by Crippen LogP contribution is 2.60. The SMILES string of the molecule is CC(C)C(NC(=O)C12CC3CC(CC(C3)C1)C2)C(=O)NN=Cc1ccc([N+](=O)[O-])o1. The van der Waals surface area contributed by atoms with Crippen molar-refractivity contribution in [3.05, 3.63) is 28.0 Å². The first-order valence-electron chi connectivity index (χ1n) is 10.6. The van der Waals surface area contributed by atoms with E-state index in [1.165, 1.54) is 37.6 Å². The summed E-state index contributed by atoms with van der Waals surface area (Å²) in [6, 6.07) is 1.91. The zero-order valence-electron chi connectivity index (χ0n) is 17.3. The van der Waals surface area contributed by atoms with Crippen molar-refractivity contribution in [3.8, 4) is 0 Å². The zero-order chi connectivity index (χ0) is 21.5. The van der Waals surface area contributed by atoms with Crippen LogP contribution in [0.1, 0.15) is 58.1 Å². The van der Waals surface area contributed by atoms with Gasteiger partial charge in [-0.25, -0.2) is 5.43 Å². The standard InChI is InChI=1S/C21H28N4O5/c1-12(2)18(19(26)24-22-11-16-3-4-17(30-16)25(28)29)23-20(27)21-8-13-5-14(9-21)7-15(6-13)10-21/h3-4,11-15,18H,5-10H2,1-2H3,(H,23,27)(H,24,26). The molecule has 4 fully saturated rings. The molecule has 4 saturated carbocycles. The van der Waals surface area contributed by atoms with E-state index in [2.05, 4.69) is 15.8 Å². The molecule has 0 aromatic carbocycles. The van der Waals surface area contributed by atoms with Gasteiger partial charge in [-0.1, -0.05) is 13.8 Å². The second-order valence-corrected chi connectivity index (χ2v) is 9.56. The van der Waals surface area contributed by atoms with Crippen LogP contribution in [0.2, 0.25) is 0 Å². The monoisotopic (exact) mass is 416 g/mol. The van der Waals surface area contributed by atoms with Crippen molar-refractivity contribution in [1.82, 2.24) is 10.7 Å². The third-order valence-electron chi connectivity index (χ3n) is 6.91. The Balaban J connectivity index is 1.38. The smallest absolute Gasteiger partial charge is 0.400 e. The van der Waals surface area contributed by atoms with E-state index in [-0.39, 0.29) is 23.0 Å². The molecule has 30 heavy (non-hydrogen) atoms. The van der Waals surface area contributed by atoms with E-state index in [9.17, 15) is 19.7 Å².